The zero-order valence-electron chi connectivity index (χ0n) is 18.8. The Morgan fingerprint density at radius 1 is 1.03 bits per heavy atom. The van der Waals surface area contributed by atoms with E-state index in [1.54, 1.807) is 6.33 Å². The van der Waals surface area contributed by atoms with Gasteiger partial charge in [0.25, 0.3) is 0 Å². The molecule has 4 fully saturated rings. The van der Waals surface area contributed by atoms with E-state index in [4.69, 9.17) is 9.97 Å². The van der Waals surface area contributed by atoms with Gasteiger partial charge in [-0.2, -0.15) is 0 Å². The van der Waals surface area contributed by atoms with Crippen molar-refractivity contribution in [2.45, 2.75) is 58.0 Å². The molecule has 8 rings (SSSR count). The first-order valence-electron chi connectivity index (χ1n) is 12.6. The highest BCUT2D eigenvalue weighted by atomic mass is 15.1. The standard InChI is InChI=1S/C27H33N5/c1-2-4-24-22(3-1)21(13-28-24)14-32-6-5-23-25(15-32)30-17-31-26(23)29-16-27-10-18-7-19(11-27)9-20(8-18)12-27/h1-4,13,17-20,28H,5-12,14-16H2,(H,29,30,31). The number of fused-ring (bicyclic) bond motifs is 2. The fourth-order valence-electron chi connectivity index (χ4n) is 7.98. The summed E-state index contributed by atoms with van der Waals surface area (Å²) in [6.07, 6.45) is 13.8. The predicted octanol–water partition coefficient (Wildman–Crippen LogP) is 5.14. The molecule has 3 aromatic rings. The molecule has 2 N–H and O–H groups in total. The van der Waals surface area contributed by atoms with Gasteiger partial charge in [-0.15, -0.1) is 0 Å². The third-order valence-corrected chi connectivity index (χ3v) is 8.95. The number of anilines is 1. The van der Waals surface area contributed by atoms with Gasteiger partial charge in [0.2, 0.25) is 0 Å². The number of nitrogens with one attached hydrogen (secondary N) is 2. The van der Waals surface area contributed by atoms with Crippen LogP contribution in [-0.4, -0.2) is 32.9 Å². The van der Waals surface area contributed by atoms with E-state index in [1.807, 2.05) is 0 Å². The van der Waals surface area contributed by atoms with E-state index in [-0.39, 0.29) is 0 Å². The second-order valence-corrected chi connectivity index (χ2v) is 11.2. The van der Waals surface area contributed by atoms with Gasteiger partial charge in [-0.3, -0.25) is 4.90 Å². The summed E-state index contributed by atoms with van der Waals surface area (Å²) in [5.41, 5.74) is 5.69. The molecule has 2 aromatic heterocycles. The van der Waals surface area contributed by atoms with Gasteiger partial charge in [0.15, 0.2) is 0 Å². The monoisotopic (exact) mass is 427 g/mol. The predicted molar refractivity (Wildman–Crippen MR) is 127 cm³/mol. The number of nitrogens with zero attached hydrogens (tertiary/aromatic N) is 3. The van der Waals surface area contributed by atoms with Crippen LogP contribution in [0.2, 0.25) is 0 Å². The van der Waals surface area contributed by atoms with Crippen LogP contribution in [0.5, 0.6) is 0 Å². The van der Waals surface area contributed by atoms with Crippen molar-refractivity contribution in [3.63, 3.8) is 0 Å². The third-order valence-electron chi connectivity index (χ3n) is 8.95. The number of aromatic nitrogens is 3. The lowest BCUT2D eigenvalue weighted by Crippen LogP contribution is -2.49. The smallest absolute Gasteiger partial charge is 0.132 e. The summed E-state index contributed by atoms with van der Waals surface area (Å²) in [5, 5.41) is 5.17. The molecule has 3 heterocycles. The van der Waals surface area contributed by atoms with E-state index in [0.29, 0.717) is 5.41 Å². The van der Waals surface area contributed by atoms with Crippen molar-refractivity contribution in [2.75, 3.05) is 18.4 Å². The zero-order valence-corrected chi connectivity index (χ0v) is 18.8. The Hall–Kier alpha value is -2.40. The largest absolute Gasteiger partial charge is 0.369 e. The highest BCUT2D eigenvalue weighted by molar-refractivity contribution is 5.82. The molecule has 0 atom stereocenters. The summed E-state index contributed by atoms with van der Waals surface area (Å²) in [5.74, 6) is 4.11. The Labute approximate surface area is 190 Å². The molecule has 5 nitrogen and oxygen atoms in total. The van der Waals surface area contributed by atoms with Crippen LogP contribution in [-0.2, 0) is 19.5 Å². The number of hydrogen-bond acceptors (Lipinski definition) is 4. The minimum absolute atomic E-state index is 0.530. The normalized spacial score (nSPS) is 31.2. The molecule has 4 bridgehead atoms. The van der Waals surface area contributed by atoms with E-state index in [0.717, 1.165) is 56.2 Å². The summed E-state index contributed by atoms with van der Waals surface area (Å²) in [7, 11) is 0. The van der Waals surface area contributed by atoms with E-state index >= 15 is 0 Å². The van der Waals surface area contributed by atoms with Crippen molar-refractivity contribution < 1.29 is 0 Å². The Morgan fingerprint density at radius 2 is 1.81 bits per heavy atom. The lowest BCUT2D eigenvalue weighted by molar-refractivity contribution is -0.0444. The van der Waals surface area contributed by atoms with Crippen molar-refractivity contribution in [1.82, 2.24) is 19.9 Å². The van der Waals surface area contributed by atoms with Crippen LogP contribution in [0.25, 0.3) is 10.9 Å². The van der Waals surface area contributed by atoms with Crippen LogP contribution >= 0.6 is 0 Å². The molecular formula is C27H33N5. The molecule has 0 amide bonds. The van der Waals surface area contributed by atoms with Crippen molar-refractivity contribution in [1.29, 1.82) is 0 Å². The molecule has 5 heteroatoms. The van der Waals surface area contributed by atoms with E-state index in [2.05, 4.69) is 45.7 Å². The molecule has 4 saturated carbocycles. The maximum absolute atomic E-state index is 4.71. The first kappa shape index (κ1) is 19.1. The minimum Gasteiger partial charge on any atom is -0.369 e. The van der Waals surface area contributed by atoms with Gasteiger partial charge in [0.1, 0.15) is 12.1 Å². The lowest BCUT2D eigenvalue weighted by Gasteiger charge is -2.57. The molecule has 0 unspecified atom stereocenters. The number of para-hydroxylation sites is 1. The summed E-state index contributed by atoms with van der Waals surface area (Å²) in [6, 6.07) is 8.59. The molecule has 32 heavy (non-hydrogen) atoms. The van der Waals surface area contributed by atoms with Crippen molar-refractivity contribution >= 4 is 16.7 Å². The Bertz CT molecular complexity index is 1110. The average Bonchev–Trinajstić information content (AvgIpc) is 3.19. The molecule has 0 spiro atoms. The minimum atomic E-state index is 0.530. The van der Waals surface area contributed by atoms with Crippen LogP contribution in [0.1, 0.15) is 55.3 Å². The van der Waals surface area contributed by atoms with Crippen molar-refractivity contribution in [3.8, 4) is 0 Å². The molecule has 1 aromatic carbocycles. The molecule has 0 saturated heterocycles. The highest BCUT2D eigenvalue weighted by Crippen LogP contribution is 2.59. The molecule has 4 aliphatic carbocycles. The average molecular weight is 428 g/mol. The lowest BCUT2D eigenvalue weighted by atomic mass is 9.49. The van der Waals surface area contributed by atoms with Crippen LogP contribution in [0.3, 0.4) is 0 Å². The molecule has 166 valence electrons. The maximum Gasteiger partial charge on any atom is 0.132 e. The first-order valence-corrected chi connectivity index (χ1v) is 12.6. The Morgan fingerprint density at radius 3 is 2.62 bits per heavy atom. The SMILES string of the molecule is c1ccc2c(CN3CCc4c(ncnc4NCC45CC6CC(CC(C6)C4)C5)C3)c[nH]c2c1. The highest BCUT2D eigenvalue weighted by Gasteiger charge is 2.50. The van der Waals surface area contributed by atoms with Gasteiger partial charge in [-0.05, 0) is 79.7 Å². The summed E-state index contributed by atoms with van der Waals surface area (Å²) in [6.45, 7) is 4.04. The summed E-state index contributed by atoms with van der Waals surface area (Å²) < 4.78 is 0. The molecule has 5 aliphatic rings. The Balaban J connectivity index is 1.06. The molecule has 1 aliphatic heterocycles. The number of hydrogen-bond donors (Lipinski definition) is 2. The first-order chi connectivity index (χ1) is 15.7. The second kappa shape index (κ2) is 7.31. The zero-order chi connectivity index (χ0) is 21.1. The van der Waals surface area contributed by atoms with Crippen LogP contribution in [0.15, 0.2) is 36.8 Å². The maximum atomic E-state index is 4.71. The quantitative estimate of drug-likeness (QED) is 0.592. The van der Waals surface area contributed by atoms with Crippen molar-refractivity contribution in [2.24, 2.45) is 23.2 Å². The topological polar surface area (TPSA) is 56.8 Å². The van der Waals surface area contributed by atoms with Gasteiger partial charge in [-0.1, -0.05) is 18.2 Å². The van der Waals surface area contributed by atoms with Gasteiger partial charge in [0, 0.05) is 48.8 Å². The number of rotatable bonds is 5. The third kappa shape index (κ3) is 3.24. The van der Waals surface area contributed by atoms with Crippen molar-refractivity contribution in [3.05, 3.63) is 53.6 Å². The fourth-order valence-corrected chi connectivity index (χ4v) is 7.98. The Kier molecular flexibility index (Phi) is 4.36. The molecular weight excluding hydrogens is 394 g/mol. The molecule has 0 radical (unpaired) electrons. The van der Waals surface area contributed by atoms with Crippen LogP contribution in [0.4, 0.5) is 5.82 Å². The van der Waals surface area contributed by atoms with Crippen LogP contribution in [0, 0.1) is 23.2 Å². The van der Waals surface area contributed by atoms with Gasteiger partial charge in [0.05, 0.1) is 5.69 Å². The fraction of sp³-hybridized carbons (Fsp3) is 0.556. The van der Waals surface area contributed by atoms with Gasteiger partial charge >= 0.3 is 0 Å². The summed E-state index contributed by atoms with van der Waals surface area (Å²) >= 11 is 0. The van der Waals surface area contributed by atoms with Gasteiger partial charge in [-0.25, -0.2) is 9.97 Å². The number of benzene rings is 1. The second-order valence-electron chi connectivity index (χ2n) is 11.2. The van der Waals surface area contributed by atoms with Crippen LogP contribution < -0.4 is 5.32 Å². The number of H-pyrrole nitrogens is 1. The van der Waals surface area contributed by atoms with E-state index in [1.165, 1.54) is 66.2 Å². The number of aromatic amines is 1. The van der Waals surface area contributed by atoms with E-state index in [9.17, 15) is 0 Å². The van der Waals surface area contributed by atoms with E-state index < -0.39 is 0 Å². The van der Waals surface area contributed by atoms with Gasteiger partial charge < -0.3 is 10.3 Å². The summed E-state index contributed by atoms with van der Waals surface area (Å²) in [4.78, 5) is 15.3.